The van der Waals surface area contributed by atoms with E-state index in [-0.39, 0.29) is 18.4 Å². The molecule has 29 heavy (non-hydrogen) atoms. The zero-order valence-corrected chi connectivity index (χ0v) is 16.8. The summed E-state index contributed by atoms with van der Waals surface area (Å²) in [5, 5.41) is 2.83. The molecule has 4 rings (SSSR count). The zero-order chi connectivity index (χ0) is 20.6. The number of likely N-dealkylation sites (tertiary alicyclic amines) is 1. The Hall–Kier alpha value is -3.15. The number of nitrogens with one attached hydrogen (secondary N) is 1. The summed E-state index contributed by atoms with van der Waals surface area (Å²) in [5.74, 6) is -0.237. The maximum Gasteiger partial charge on any atom is 0.325 e. The van der Waals surface area contributed by atoms with Crippen LogP contribution in [0.5, 0.6) is 0 Å². The molecule has 4 amide bonds. The number of aryl methyl sites for hydroxylation is 1. The molecule has 0 spiro atoms. The Labute approximate surface area is 170 Å². The van der Waals surface area contributed by atoms with Crippen LogP contribution in [0.25, 0.3) is 0 Å². The second-order valence-electron chi connectivity index (χ2n) is 8.01. The molecule has 0 aliphatic carbocycles. The van der Waals surface area contributed by atoms with E-state index in [0.717, 1.165) is 42.6 Å². The second kappa shape index (κ2) is 7.35. The van der Waals surface area contributed by atoms with Crippen LogP contribution >= 0.6 is 0 Å². The van der Waals surface area contributed by atoms with Gasteiger partial charge in [-0.25, -0.2) is 4.79 Å². The maximum absolute atomic E-state index is 13.1. The molecular formula is C23H25N3O3. The topological polar surface area (TPSA) is 69.7 Å². The smallest absolute Gasteiger partial charge is 0.325 e. The number of urea groups is 1. The molecule has 2 aliphatic rings. The third-order valence-corrected chi connectivity index (χ3v) is 5.84. The SMILES string of the molecule is Cc1ccc(C2(C)NC(=O)N(Cc3ccc(C(=O)N4CCCC4)cc3)C2=O)cc1. The van der Waals surface area contributed by atoms with E-state index in [4.69, 9.17) is 0 Å². The number of amides is 4. The lowest BCUT2D eigenvalue weighted by Gasteiger charge is -2.22. The van der Waals surface area contributed by atoms with Crippen molar-refractivity contribution in [3.8, 4) is 0 Å². The standard InChI is InChI=1S/C23H25N3O3/c1-16-5-11-19(12-6-16)23(2)21(28)26(22(29)24-23)15-17-7-9-18(10-8-17)20(27)25-13-3-4-14-25/h5-12H,3-4,13-15H2,1-2H3,(H,24,29). The summed E-state index contributed by atoms with van der Waals surface area (Å²) in [6.07, 6.45) is 2.10. The van der Waals surface area contributed by atoms with Crippen molar-refractivity contribution < 1.29 is 14.4 Å². The monoisotopic (exact) mass is 391 g/mol. The van der Waals surface area contributed by atoms with Crippen molar-refractivity contribution in [3.05, 3.63) is 70.8 Å². The van der Waals surface area contributed by atoms with Gasteiger partial charge in [-0.1, -0.05) is 42.0 Å². The van der Waals surface area contributed by atoms with E-state index < -0.39 is 11.6 Å². The highest BCUT2D eigenvalue weighted by Gasteiger charge is 2.48. The Bertz CT molecular complexity index is 946. The fourth-order valence-electron chi connectivity index (χ4n) is 3.96. The first kappa shape index (κ1) is 19.2. The predicted octanol–water partition coefficient (Wildman–Crippen LogP) is 3.20. The summed E-state index contributed by atoms with van der Waals surface area (Å²) in [4.78, 5) is 41.1. The summed E-state index contributed by atoms with van der Waals surface area (Å²) in [6, 6.07) is 14.4. The van der Waals surface area contributed by atoms with Crippen molar-refractivity contribution in [2.45, 2.75) is 38.8 Å². The highest BCUT2D eigenvalue weighted by molar-refractivity contribution is 6.07. The van der Waals surface area contributed by atoms with Crippen molar-refractivity contribution in [1.29, 1.82) is 0 Å². The van der Waals surface area contributed by atoms with Gasteiger partial charge in [0.1, 0.15) is 5.54 Å². The van der Waals surface area contributed by atoms with E-state index in [1.165, 1.54) is 4.90 Å². The number of benzene rings is 2. The van der Waals surface area contributed by atoms with Crippen LogP contribution in [0, 0.1) is 6.92 Å². The Kier molecular flexibility index (Phi) is 4.86. The van der Waals surface area contributed by atoms with Gasteiger partial charge in [0.25, 0.3) is 11.8 Å². The number of hydrogen-bond acceptors (Lipinski definition) is 3. The van der Waals surface area contributed by atoms with Crippen molar-refractivity contribution >= 4 is 17.8 Å². The minimum Gasteiger partial charge on any atom is -0.339 e. The molecule has 2 fully saturated rings. The van der Waals surface area contributed by atoms with Crippen LogP contribution in [0.3, 0.4) is 0 Å². The van der Waals surface area contributed by atoms with Gasteiger partial charge in [-0.05, 0) is 49.9 Å². The summed E-state index contributed by atoms with van der Waals surface area (Å²) < 4.78 is 0. The third kappa shape index (κ3) is 3.50. The first-order valence-electron chi connectivity index (χ1n) is 9.98. The van der Waals surface area contributed by atoms with Crippen LogP contribution in [0.2, 0.25) is 0 Å². The highest BCUT2D eigenvalue weighted by atomic mass is 16.2. The van der Waals surface area contributed by atoms with E-state index >= 15 is 0 Å². The van der Waals surface area contributed by atoms with E-state index in [1.807, 2.05) is 48.2 Å². The molecule has 150 valence electrons. The highest BCUT2D eigenvalue weighted by Crippen LogP contribution is 2.30. The fourth-order valence-corrected chi connectivity index (χ4v) is 3.96. The van der Waals surface area contributed by atoms with Gasteiger partial charge in [0.05, 0.1) is 6.54 Å². The normalized spacial score (nSPS) is 21.6. The van der Waals surface area contributed by atoms with E-state index in [1.54, 1.807) is 19.1 Å². The number of rotatable bonds is 4. The molecule has 2 aromatic rings. The number of carbonyl (C=O) groups excluding carboxylic acids is 3. The van der Waals surface area contributed by atoms with Crippen LogP contribution in [0.4, 0.5) is 4.79 Å². The first-order valence-corrected chi connectivity index (χ1v) is 9.98. The zero-order valence-electron chi connectivity index (χ0n) is 16.8. The Morgan fingerprint density at radius 1 is 1.00 bits per heavy atom. The van der Waals surface area contributed by atoms with Crippen molar-refractivity contribution in [2.24, 2.45) is 0 Å². The average Bonchev–Trinajstić information content (AvgIpc) is 3.32. The quantitative estimate of drug-likeness (QED) is 0.814. The van der Waals surface area contributed by atoms with Gasteiger partial charge in [0.2, 0.25) is 0 Å². The summed E-state index contributed by atoms with van der Waals surface area (Å²) in [7, 11) is 0. The van der Waals surface area contributed by atoms with Gasteiger partial charge in [-0.3, -0.25) is 14.5 Å². The molecule has 2 saturated heterocycles. The molecule has 1 unspecified atom stereocenters. The van der Waals surface area contributed by atoms with Crippen molar-refractivity contribution in [3.63, 3.8) is 0 Å². The van der Waals surface area contributed by atoms with Crippen LogP contribution < -0.4 is 5.32 Å². The molecule has 0 saturated carbocycles. The Balaban J connectivity index is 1.49. The van der Waals surface area contributed by atoms with Gasteiger partial charge in [-0.15, -0.1) is 0 Å². The largest absolute Gasteiger partial charge is 0.339 e. The Morgan fingerprint density at radius 2 is 1.62 bits per heavy atom. The average molecular weight is 391 g/mol. The number of carbonyl (C=O) groups is 3. The van der Waals surface area contributed by atoms with E-state index in [0.29, 0.717) is 5.56 Å². The van der Waals surface area contributed by atoms with Gasteiger partial charge in [0, 0.05) is 18.7 Å². The lowest BCUT2D eigenvalue weighted by Crippen LogP contribution is -2.40. The van der Waals surface area contributed by atoms with Gasteiger partial charge >= 0.3 is 6.03 Å². The summed E-state index contributed by atoms with van der Waals surface area (Å²) in [6.45, 7) is 5.49. The van der Waals surface area contributed by atoms with E-state index in [2.05, 4.69) is 5.32 Å². The van der Waals surface area contributed by atoms with Gasteiger partial charge in [-0.2, -0.15) is 0 Å². The molecule has 0 aromatic heterocycles. The van der Waals surface area contributed by atoms with Crippen LogP contribution in [0.15, 0.2) is 48.5 Å². The minimum atomic E-state index is -1.07. The van der Waals surface area contributed by atoms with Crippen molar-refractivity contribution in [2.75, 3.05) is 13.1 Å². The number of imide groups is 1. The Morgan fingerprint density at radius 3 is 2.24 bits per heavy atom. The summed E-state index contributed by atoms with van der Waals surface area (Å²) >= 11 is 0. The minimum absolute atomic E-state index is 0.0380. The van der Waals surface area contributed by atoms with Gasteiger partial charge in [0.15, 0.2) is 0 Å². The van der Waals surface area contributed by atoms with Crippen LogP contribution in [-0.4, -0.2) is 40.7 Å². The predicted molar refractivity (Wildman–Crippen MR) is 109 cm³/mol. The lowest BCUT2D eigenvalue weighted by molar-refractivity contribution is -0.131. The molecule has 2 aliphatic heterocycles. The molecule has 1 atom stereocenters. The van der Waals surface area contributed by atoms with Crippen LogP contribution in [-0.2, 0) is 16.9 Å². The molecular weight excluding hydrogens is 366 g/mol. The molecule has 2 aromatic carbocycles. The van der Waals surface area contributed by atoms with Crippen molar-refractivity contribution in [1.82, 2.24) is 15.1 Å². The summed E-state index contributed by atoms with van der Waals surface area (Å²) in [5.41, 5.74) is 2.22. The van der Waals surface area contributed by atoms with E-state index in [9.17, 15) is 14.4 Å². The maximum atomic E-state index is 13.1. The molecule has 0 bridgehead atoms. The molecule has 2 heterocycles. The number of nitrogens with zero attached hydrogens (tertiary/aromatic N) is 2. The molecule has 6 heteroatoms. The van der Waals surface area contributed by atoms with Gasteiger partial charge < -0.3 is 10.2 Å². The lowest BCUT2D eigenvalue weighted by atomic mass is 9.91. The fraction of sp³-hybridized carbons (Fsp3) is 0.348. The first-order chi connectivity index (χ1) is 13.9. The van der Waals surface area contributed by atoms with Crippen LogP contribution in [0.1, 0.15) is 46.8 Å². The molecule has 1 N–H and O–H groups in total. The molecule has 0 radical (unpaired) electrons. The third-order valence-electron chi connectivity index (χ3n) is 5.84. The number of hydrogen-bond donors (Lipinski definition) is 1. The second-order valence-corrected chi connectivity index (χ2v) is 8.01. The molecule has 6 nitrogen and oxygen atoms in total.